The van der Waals surface area contributed by atoms with E-state index in [0.29, 0.717) is 22.9 Å². The fourth-order valence-electron chi connectivity index (χ4n) is 6.41. The highest BCUT2D eigenvalue weighted by atomic mass is 16.7. The molecule has 1 aliphatic rings. The monoisotopic (exact) mass is 706 g/mol. The maximum atomic E-state index is 13.7. The third kappa shape index (κ3) is 8.90. The first kappa shape index (κ1) is 38.3. The summed E-state index contributed by atoms with van der Waals surface area (Å²) in [6.07, 6.45) is 5.78. The van der Waals surface area contributed by atoms with Gasteiger partial charge in [-0.25, -0.2) is 0 Å². The van der Waals surface area contributed by atoms with Gasteiger partial charge in [0.1, 0.15) is 23.0 Å². The average Bonchev–Trinajstić information content (AvgIpc) is 3.13. The molecule has 4 aromatic rings. The van der Waals surface area contributed by atoms with Crippen LogP contribution < -0.4 is 29.6 Å². The largest absolute Gasteiger partial charge is 0.497 e. The van der Waals surface area contributed by atoms with Gasteiger partial charge in [0.2, 0.25) is 12.7 Å². The van der Waals surface area contributed by atoms with Crippen LogP contribution in [0.25, 0.3) is 0 Å². The summed E-state index contributed by atoms with van der Waals surface area (Å²) in [4.78, 5) is 25.9. The molecule has 1 amide bonds. The van der Waals surface area contributed by atoms with Crippen molar-refractivity contribution in [1.29, 1.82) is 0 Å². The average molecular weight is 707 g/mol. The fourth-order valence-corrected chi connectivity index (χ4v) is 6.41. The second-order valence-corrected chi connectivity index (χ2v) is 15.8. The molecule has 52 heavy (non-hydrogen) atoms. The summed E-state index contributed by atoms with van der Waals surface area (Å²) in [5, 5.41) is 6.42. The Hall–Kier alpha value is -4.98. The van der Waals surface area contributed by atoms with E-state index in [0.717, 1.165) is 24.3 Å². The Morgan fingerprint density at radius 1 is 0.615 bits per heavy atom. The van der Waals surface area contributed by atoms with Crippen molar-refractivity contribution >= 4 is 23.3 Å². The van der Waals surface area contributed by atoms with Gasteiger partial charge in [-0.2, -0.15) is 0 Å². The molecular weight excluding hydrogens is 652 g/mol. The maximum Gasteiger partial charge on any atom is 0.319 e. The van der Waals surface area contributed by atoms with E-state index in [9.17, 15) is 9.59 Å². The number of rotatable bonds is 13. The minimum absolute atomic E-state index is 0.0221. The summed E-state index contributed by atoms with van der Waals surface area (Å²) >= 11 is 0. The molecule has 2 N–H and O–H groups in total. The van der Waals surface area contributed by atoms with Gasteiger partial charge in [0.05, 0.1) is 12.5 Å². The van der Waals surface area contributed by atoms with Crippen molar-refractivity contribution in [3.05, 3.63) is 108 Å². The molecule has 0 heterocycles. The number of nitrogens with one attached hydrogen (secondary N) is 2. The van der Waals surface area contributed by atoms with Crippen molar-refractivity contribution < 1.29 is 28.5 Å². The number of anilines is 2. The van der Waals surface area contributed by atoms with Crippen molar-refractivity contribution in [2.24, 2.45) is 10.8 Å². The predicted molar refractivity (Wildman–Crippen MR) is 208 cm³/mol. The first-order valence-electron chi connectivity index (χ1n) is 18.2. The molecule has 8 nitrogen and oxygen atoms in total. The van der Waals surface area contributed by atoms with Crippen molar-refractivity contribution in [2.75, 3.05) is 24.5 Å². The van der Waals surface area contributed by atoms with E-state index in [4.69, 9.17) is 18.9 Å². The lowest BCUT2D eigenvalue weighted by atomic mass is 9.65. The van der Waals surface area contributed by atoms with Crippen LogP contribution in [0.5, 0.6) is 23.0 Å². The van der Waals surface area contributed by atoms with Crippen LogP contribution in [0, 0.1) is 10.8 Å². The maximum absolute atomic E-state index is 13.7. The van der Waals surface area contributed by atoms with Gasteiger partial charge in [0.15, 0.2) is 0 Å². The molecule has 1 fully saturated rings. The molecule has 4 aromatic carbocycles. The molecule has 0 aliphatic heterocycles. The number of esters is 1. The van der Waals surface area contributed by atoms with Gasteiger partial charge in [0, 0.05) is 27.7 Å². The number of ether oxygens (including phenoxy) is 4. The standard InChI is InChI=1S/C44H54N2O6/c1-41(2,3)39(47)45-33-16-24-36(25-17-33)50-30-51-37-26-18-34(19-27-37)46-43(6,7)42(4,5)40(48)52-38-22-14-32(15-23-38)44(28-10-9-11-29-44)31-12-20-35(49-8)21-13-31/h12-27,46H,9-11,28-30H2,1-8H3,(H,45,47). The molecule has 0 aromatic heterocycles. The number of benzene rings is 4. The minimum Gasteiger partial charge on any atom is -0.497 e. The van der Waals surface area contributed by atoms with E-state index in [-0.39, 0.29) is 24.1 Å². The van der Waals surface area contributed by atoms with E-state index in [1.165, 1.54) is 30.4 Å². The van der Waals surface area contributed by atoms with Crippen molar-refractivity contribution in [1.82, 2.24) is 0 Å². The van der Waals surface area contributed by atoms with Crippen LogP contribution in [-0.2, 0) is 15.0 Å². The molecule has 0 spiro atoms. The van der Waals surface area contributed by atoms with Gasteiger partial charge >= 0.3 is 5.97 Å². The highest BCUT2D eigenvalue weighted by Crippen LogP contribution is 2.46. The van der Waals surface area contributed by atoms with Gasteiger partial charge in [-0.05, 0) is 124 Å². The van der Waals surface area contributed by atoms with E-state index in [2.05, 4.69) is 34.9 Å². The van der Waals surface area contributed by atoms with Gasteiger partial charge in [0.25, 0.3) is 0 Å². The minimum atomic E-state index is -0.881. The zero-order chi connectivity index (χ0) is 37.6. The predicted octanol–water partition coefficient (Wildman–Crippen LogP) is 10.2. The second kappa shape index (κ2) is 15.7. The van der Waals surface area contributed by atoms with Gasteiger partial charge in [-0.15, -0.1) is 0 Å². The Morgan fingerprint density at radius 2 is 1.08 bits per heavy atom. The van der Waals surface area contributed by atoms with Crippen molar-refractivity contribution in [3.63, 3.8) is 0 Å². The van der Waals surface area contributed by atoms with Gasteiger partial charge < -0.3 is 29.6 Å². The third-order valence-electron chi connectivity index (χ3n) is 10.6. The number of carbonyl (C=O) groups excluding carboxylic acids is 2. The summed E-state index contributed by atoms with van der Waals surface area (Å²) < 4.78 is 22.9. The Bertz CT molecular complexity index is 1780. The van der Waals surface area contributed by atoms with Crippen molar-refractivity contribution in [3.8, 4) is 23.0 Å². The number of amides is 1. The molecule has 5 rings (SSSR count). The Kier molecular flexibility index (Phi) is 11.6. The first-order chi connectivity index (χ1) is 24.6. The quantitative estimate of drug-likeness (QED) is 0.0812. The summed E-state index contributed by atoms with van der Waals surface area (Å²) in [6.45, 7) is 13.4. The lowest BCUT2D eigenvalue weighted by Crippen LogP contribution is -2.52. The molecule has 0 radical (unpaired) electrons. The SMILES string of the molecule is COc1ccc(C2(c3ccc(OC(=O)C(C)(C)C(C)(C)Nc4ccc(OCOc5ccc(NC(=O)C(C)(C)C)cc5)cc4)cc3)CCCCC2)cc1. The Balaban J connectivity index is 1.15. The first-order valence-corrected chi connectivity index (χ1v) is 18.2. The molecule has 8 heteroatoms. The molecule has 0 saturated heterocycles. The molecular formula is C44H54N2O6. The smallest absolute Gasteiger partial charge is 0.319 e. The van der Waals surface area contributed by atoms with E-state index < -0.39 is 16.4 Å². The summed E-state index contributed by atoms with van der Waals surface area (Å²) in [5.74, 6) is 2.28. The lowest BCUT2D eigenvalue weighted by Gasteiger charge is -2.41. The molecule has 276 valence electrons. The molecule has 0 unspecified atom stereocenters. The molecule has 1 saturated carbocycles. The van der Waals surface area contributed by atoms with Crippen molar-refractivity contribution in [2.45, 2.75) is 91.5 Å². The number of methoxy groups -OCH3 is 1. The zero-order valence-electron chi connectivity index (χ0n) is 31.9. The topological polar surface area (TPSA) is 95.1 Å². The van der Waals surface area contributed by atoms with E-state index in [1.807, 2.05) is 97.0 Å². The van der Waals surface area contributed by atoms with Crippen LogP contribution in [0.1, 0.15) is 91.7 Å². The Labute approximate surface area is 309 Å². The van der Waals surface area contributed by atoms with Gasteiger partial charge in [-0.3, -0.25) is 9.59 Å². The highest BCUT2D eigenvalue weighted by molar-refractivity contribution is 5.94. The van der Waals surface area contributed by atoms with Gasteiger partial charge in [-0.1, -0.05) is 64.3 Å². The van der Waals surface area contributed by atoms with Crippen LogP contribution in [0.15, 0.2) is 97.1 Å². The highest BCUT2D eigenvalue weighted by Gasteiger charge is 2.45. The van der Waals surface area contributed by atoms with Crippen LogP contribution in [-0.4, -0.2) is 31.3 Å². The number of carbonyl (C=O) groups is 2. The normalized spacial score (nSPS) is 14.5. The van der Waals surface area contributed by atoms with E-state index in [1.54, 1.807) is 31.4 Å². The zero-order valence-corrected chi connectivity index (χ0v) is 31.9. The molecule has 1 aliphatic carbocycles. The number of hydrogen-bond acceptors (Lipinski definition) is 7. The summed E-state index contributed by atoms with van der Waals surface area (Å²) in [6, 6.07) is 31.2. The Morgan fingerprint density at radius 3 is 1.56 bits per heavy atom. The third-order valence-corrected chi connectivity index (χ3v) is 10.6. The fraction of sp³-hybridized carbons (Fsp3) is 0.409. The number of hydrogen-bond donors (Lipinski definition) is 2. The second-order valence-electron chi connectivity index (χ2n) is 15.8. The van der Waals surface area contributed by atoms with Crippen LogP contribution in [0.2, 0.25) is 0 Å². The van der Waals surface area contributed by atoms with Crippen LogP contribution in [0.3, 0.4) is 0 Å². The molecule has 0 atom stereocenters. The van der Waals surface area contributed by atoms with Crippen LogP contribution >= 0.6 is 0 Å². The van der Waals surface area contributed by atoms with Crippen LogP contribution in [0.4, 0.5) is 11.4 Å². The summed E-state index contributed by atoms with van der Waals surface area (Å²) in [7, 11) is 1.69. The van der Waals surface area contributed by atoms with E-state index >= 15 is 0 Å². The lowest BCUT2D eigenvalue weighted by molar-refractivity contribution is -0.146. The summed E-state index contributed by atoms with van der Waals surface area (Å²) in [5.41, 5.74) is 2.01. The molecule has 0 bridgehead atoms.